The standard InChI is InChI=1S/C11H16N4/c1-3-9-10-8(4-5-12)6-13-11(10)15-7(2)14-9/h6H,3-5,12H2,1-2H3,(H,13,14,15). The van der Waals surface area contributed by atoms with E-state index in [4.69, 9.17) is 5.73 Å². The first-order valence-corrected chi connectivity index (χ1v) is 5.29. The lowest BCUT2D eigenvalue weighted by atomic mass is 10.1. The number of hydrogen-bond donors (Lipinski definition) is 2. The normalized spacial score (nSPS) is 11.1. The highest BCUT2D eigenvalue weighted by Gasteiger charge is 2.10. The molecular weight excluding hydrogens is 188 g/mol. The van der Waals surface area contributed by atoms with Crippen LogP contribution in [0.4, 0.5) is 0 Å². The average molecular weight is 204 g/mol. The van der Waals surface area contributed by atoms with Crippen molar-refractivity contribution in [2.24, 2.45) is 5.73 Å². The zero-order valence-corrected chi connectivity index (χ0v) is 9.17. The summed E-state index contributed by atoms with van der Waals surface area (Å²) in [6, 6.07) is 0. The van der Waals surface area contributed by atoms with Crippen LogP contribution in [0.2, 0.25) is 0 Å². The number of fused-ring (bicyclic) bond motifs is 1. The number of aromatic amines is 1. The maximum atomic E-state index is 5.58. The van der Waals surface area contributed by atoms with Crippen LogP contribution < -0.4 is 5.73 Å². The Kier molecular flexibility index (Phi) is 2.68. The summed E-state index contributed by atoms with van der Waals surface area (Å²) < 4.78 is 0. The largest absolute Gasteiger partial charge is 0.346 e. The first kappa shape index (κ1) is 10.1. The molecule has 80 valence electrons. The zero-order valence-electron chi connectivity index (χ0n) is 9.17. The first-order chi connectivity index (χ1) is 7.26. The highest BCUT2D eigenvalue weighted by atomic mass is 14.9. The minimum atomic E-state index is 0.657. The summed E-state index contributed by atoms with van der Waals surface area (Å²) in [5.41, 5.74) is 8.85. The van der Waals surface area contributed by atoms with E-state index in [1.54, 1.807) is 0 Å². The molecule has 0 saturated carbocycles. The molecule has 0 aliphatic heterocycles. The van der Waals surface area contributed by atoms with E-state index < -0.39 is 0 Å². The maximum absolute atomic E-state index is 5.58. The number of aromatic nitrogens is 3. The molecule has 15 heavy (non-hydrogen) atoms. The van der Waals surface area contributed by atoms with Crippen molar-refractivity contribution in [2.45, 2.75) is 26.7 Å². The summed E-state index contributed by atoms with van der Waals surface area (Å²) >= 11 is 0. The molecule has 2 aromatic heterocycles. The van der Waals surface area contributed by atoms with Crippen LogP contribution >= 0.6 is 0 Å². The molecule has 0 bridgehead atoms. The van der Waals surface area contributed by atoms with Gasteiger partial charge in [-0.3, -0.25) is 0 Å². The van der Waals surface area contributed by atoms with Crippen molar-refractivity contribution in [1.29, 1.82) is 0 Å². The number of nitrogens with one attached hydrogen (secondary N) is 1. The van der Waals surface area contributed by atoms with Crippen LogP contribution in [0.15, 0.2) is 6.20 Å². The van der Waals surface area contributed by atoms with Crippen LogP contribution in [-0.4, -0.2) is 21.5 Å². The van der Waals surface area contributed by atoms with Gasteiger partial charge in [0.1, 0.15) is 11.5 Å². The lowest BCUT2D eigenvalue weighted by Gasteiger charge is -2.03. The Hall–Kier alpha value is -1.42. The molecular formula is C11H16N4. The van der Waals surface area contributed by atoms with Gasteiger partial charge in [-0.05, 0) is 31.9 Å². The summed E-state index contributed by atoms with van der Waals surface area (Å²) in [5, 5.41) is 1.16. The van der Waals surface area contributed by atoms with Crippen molar-refractivity contribution in [3.05, 3.63) is 23.3 Å². The van der Waals surface area contributed by atoms with Crippen LogP contribution in [-0.2, 0) is 12.8 Å². The van der Waals surface area contributed by atoms with Gasteiger partial charge in [0.15, 0.2) is 0 Å². The molecule has 4 heteroatoms. The van der Waals surface area contributed by atoms with E-state index in [2.05, 4.69) is 21.9 Å². The number of rotatable bonds is 3. The van der Waals surface area contributed by atoms with Gasteiger partial charge in [0.05, 0.1) is 5.69 Å². The molecule has 3 N–H and O–H groups in total. The van der Waals surface area contributed by atoms with Gasteiger partial charge in [-0.15, -0.1) is 0 Å². The van der Waals surface area contributed by atoms with Gasteiger partial charge in [-0.1, -0.05) is 6.92 Å². The third-order valence-electron chi connectivity index (χ3n) is 2.55. The highest BCUT2D eigenvalue weighted by molar-refractivity contribution is 5.82. The van der Waals surface area contributed by atoms with E-state index in [9.17, 15) is 0 Å². The SMILES string of the molecule is CCc1nc(C)nc2[nH]cc(CCN)c12. The Labute approximate surface area is 88.9 Å². The molecule has 2 aromatic rings. The summed E-state index contributed by atoms with van der Waals surface area (Å²) in [6.07, 6.45) is 3.79. The predicted molar refractivity (Wildman–Crippen MR) is 60.8 cm³/mol. The molecule has 2 heterocycles. The molecule has 4 nitrogen and oxygen atoms in total. The molecule has 0 unspecified atom stereocenters. The molecule has 2 rings (SSSR count). The van der Waals surface area contributed by atoms with Crippen LogP contribution in [0.3, 0.4) is 0 Å². The molecule has 0 radical (unpaired) electrons. The average Bonchev–Trinajstić information content (AvgIpc) is 2.61. The lowest BCUT2D eigenvalue weighted by Crippen LogP contribution is -2.03. The van der Waals surface area contributed by atoms with Gasteiger partial charge in [-0.2, -0.15) is 0 Å². The second-order valence-electron chi connectivity index (χ2n) is 3.65. The summed E-state index contributed by atoms with van der Waals surface area (Å²) in [5.74, 6) is 0.820. The van der Waals surface area contributed by atoms with E-state index in [0.717, 1.165) is 35.4 Å². The van der Waals surface area contributed by atoms with Gasteiger partial charge < -0.3 is 10.7 Å². The Morgan fingerprint density at radius 2 is 2.20 bits per heavy atom. The van der Waals surface area contributed by atoms with Gasteiger partial charge >= 0.3 is 0 Å². The minimum Gasteiger partial charge on any atom is -0.346 e. The number of hydrogen-bond acceptors (Lipinski definition) is 3. The highest BCUT2D eigenvalue weighted by Crippen LogP contribution is 2.20. The van der Waals surface area contributed by atoms with Gasteiger partial charge in [0.2, 0.25) is 0 Å². The van der Waals surface area contributed by atoms with E-state index >= 15 is 0 Å². The summed E-state index contributed by atoms with van der Waals surface area (Å²) in [6.45, 7) is 4.69. The van der Waals surface area contributed by atoms with Crippen molar-refractivity contribution in [2.75, 3.05) is 6.54 Å². The van der Waals surface area contributed by atoms with Gasteiger partial charge in [0.25, 0.3) is 0 Å². The third kappa shape index (κ3) is 1.72. The van der Waals surface area contributed by atoms with Crippen LogP contribution in [0.5, 0.6) is 0 Å². The number of nitrogens with two attached hydrogens (primary N) is 1. The molecule has 0 amide bonds. The zero-order chi connectivity index (χ0) is 10.8. The number of aryl methyl sites for hydroxylation is 2. The van der Waals surface area contributed by atoms with E-state index in [0.29, 0.717) is 6.54 Å². The number of H-pyrrole nitrogens is 1. The van der Waals surface area contributed by atoms with Gasteiger partial charge in [-0.25, -0.2) is 9.97 Å². The van der Waals surface area contributed by atoms with Crippen LogP contribution in [0.1, 0.15) is 24.0 Å². The van der Waals surface area contributed by atoms with Crippen molar-refractivity contribution in [1.82, 2.24) is 15.0 Å². The topological polar surface area (TPSA) is 67.6 Å². The molecule has 0 atom stereocenters. The Balaban J connectivity index is 2.66. The monoisotopic (exact) mass is 204 g/mol. The summed E-state index contributed by atoms with van der Waals surface area (Å²) in [4.78, 5) is 12.0. The first-order valence-electron chi connectivity index (χ1n) is 5.29. The second-order valence-corrected chi connectivity index (χ2v) is 3.65. The Morgan fingerprint density at radius 3 is 2.87 bits per heavy atom. The second kappa shape index (κ2) is 3.98. The minimum absolute atomic E-state index is 0.657. The molecule has 0 spiro atoms. The van der Waals surface area contributed by atoms with Crippen molar-refractivity contribution in [3.63, 3.8) is 0 Å². The number of nitrogens with zero attached hydrogens (tertiary/aromatic N) is 2. The predicted octanol–water partition coefficient (Wildman–Crippen LogP) is 1.33. The summed E-state index contributed by atoms with van der Waals surface area (Å²) in [7, 11) is 0. The van der Waals surface area contributed by atoms with E-state index in [1.807, 2.05) is 13.1 Å². The Bertz CT molecular complexity index is 473. The van der Waals surface area contributed by atoms with Crippen molar-refractivity contribution >= 4 is 11.0 Å². The smallest absolute Gasteiger partial charge is 0.141 e. The molecule has 0 aliphatic rings. The fourth-order valence-electron chi connectivity index (χ4n) is 1.91. The fourth-order valence-corrected chi connectivity index (χ4v) is 1.91. The quantitative estimate of drug-likeness (QED) is 0.792. The van der Waals surface area contributed by atoms with Gasteiger partial charge in [0, 0.05) is 11.6 Å². The lowest BCUT2D eigenvalue weighted by molar-refractivity contribution is 0.958. The van der Waals surface area contributed by atoms with Crippen molar-refractivity contribution in [3.8, 4) is 0 Å². The van der Waals surface area contributed by atoms with E-state index in [1.165, 1.54) is 5.56 Å². The molecule has 0 aliphatic carbocycles. The van der Waals surface area contributed by atoms with Crippen molar-refractivity contribution < 1.29 is 0 Å². The maximum Gasteiger partial charge on any atom is 0.141 e. The molecule has 0 saturated heterocycles. The van der Waals surface area contributed by atoms with Crippen LogP contribution in [0, 0.1) is 6.92 Å². The van der Waals surface area contributed by atoms with Crippen LogP contribution in [0.25, 0.3) is 11.0 Å². The molecule has 0 aromatic carbocycles. The Morgan fingerprint density at radius 1 is 1.40 bits per heavy atom. The third-order valence-corrected chi connectivity index (χ3v) is 2.55. The fraction of sp³-hybridized carbons (Fsp3) is 0.455. The molecule has 0 fully saturated rings. The van der Waals surface area contributed by atoms with E-state index in [-0.39, 0.29) is 0 Å².